The average molecular weight is 228 g/mol. The van der Waals surface area contributed by atoms with Crippen LogP contribution in [0.5, 0.6) is 0 Å². The van der Waals surface area contributed by atoms with Gasteiger partial charge in [0, 0.05) is 12.6 Å². The Morgan fingerprint density at radius 2 is 1.75 bits per heavy atom. The standard InChI is InChI=1S/C13H28N2O/c1-10-6-12(7-11(2)16-10)15(5)9-13(3,4)8-14/h10-12H,6-9,14H2,1-5H3. The molecule has 0 radical (unpaired) electrons. The van der Waals surface area contributed by atoms with E-state index in [0.717, 1.165) is 25.9 Å². The predicted molar refractivity (Wildman–Crippen MR) is 68.5 cm³/mol. The zero-order valence-corrected chi connectivity index (χ0v) is 11.5. The van der Waals surface area contributed by atoms with E-state index < -0.39 is 0 Å². The molecule has 0 aromatic carbocycles. The van der Waals surface area contributed by atoms with E-state index in [1.807, 2.05) is 0 Å². The lowest BCUT2D eigenvalue weighted by Gasteiger charge is -2.40. The van der Waals surface area contributed by atoms with Gasteiger partial charge in [-0.25, -0.2) is 0 Å². The zero-order chi connectivity index (χ0) is 12.3. The van der Waals surface area contributed by atoms with Gasteiger partial charge in [-0.3, -0.25) is 0 Å². The van der Waals surface area contributed by atoms with Crippen molar-refractivity contribution in [2.24, 2.45) is 11.1 Å². The van der Waals surface area contributed by atoms with Crippen LogP contribution >= 0.6 is 0 Å². The first-order valence-corrected chi connectivity index (χ1v) is 6.40. The summed E-state index contributed by atoms with van der Waals surface area (Å²) in [4.78, 5) is 2.46. The third kappa shape index (κ3) is 4.04. The molecule has 0 bridgehead atoms. The molecule has 1 heterocycles. The number of nitrogens with two attached hydrogens (primary N) is 1. The van der Waals surface area contributed by atoms with Crippen LogP contribution in [0.25, 0.3) is 0 Å². The summed E-state index contributed by atoms with van der Waals surface area (Å²) < 4.78 is 5.77. The summed E-state index contributed by atoms with van der Waals surface area (Å²) in [6.07, 6.45) is 3.05. The monoisotopic (exact) mass is 228 g/mol. The molecule has 0 amide bonds. The summed E-state index contributed by atoms with van der Waals surface area (Å²) in [7, 11) is 2.22. The van der Waals surface area contributed by atoms with Gasteiger partial charge in [-0.05, 0) is 45.7 Å². The van der Waals surface area contributed by atoms with E-state index in [-0.39, 0.29) is 5.41 Å². The van der Waals surface area contributed by atoms with Crippen LogP contribution in [0.2, 0.25) is 0 Å². The quantitative estimate of drug-likeness (QED) is 0.798. The molecule has 0 aliphatic carbocycles. The van der Waals surface area contributed by atoms with Gasteiger partial charge in [0.15, 0.2) is 0 Å². The molecule has 0 spiro atoms. The first-order chi connectivity index (χ1) is 7.34. The number of rotatable bonds is 4. The van der Waals surface area contributed by atoms with Gasteiger partial charge in [-0.1, -0.05) is 13.8 Å². The highest BCUT2D eigenvalue weighted by atomic mass is 16.5. The van der Waals surface area contributed by atoms with Crippen LogP contribution in [0, 0.1) is 5.41 Å². The van der Waals surface area contributed by atoms with Crippen LogP contribution < -0.4 is 5.73 Å². The largest absolute Gasteiger partial charge is 0.375 e. The third-order valence-electron chi connectivity index (χ3n) is 3.53. The maximum atomic E-state index is 5.79. The molecule has 3 heteroatoms. The van der Waals surface area contributed by atoms with Gasteiger partial charge in [-0.15, -0.1) is 0 Å². The first-order valence-electron chi connectivity index (χ1n) is 6.40. The van der Waals surface area contributed by atoms with Crippen molar-refractivity contribution < 1.29 is 4.74 Å². The minimum Gasteiger partial charge on any atom is -0.375 e. The molecule has 1 aliphatic rings. The fraction of sp³-hybridized carbons (Fsp3) is 1.00. The van der Waals surface area contributed by atoms with Crippen molar-refractivity contribution in [3.05, 3.63) is 0 Å². The minimum atomic E-state index is 0.208. The summed E-state index contributed by atoms with van der Waals surface area (Å²) in [6, 6.07) is 0.643. The van der Waals surface area contributed by atoms with E-state index in [1.54, 1.807) is 0 Å². The van der Waals surface area contributed by atoms with Crippen LogP contribution in [0.3, 0.4) is 0 Å². The third-order valence-corrected chi connectivity index (χ3v) is 3.53. The van der Waals surface area contributed by atoms with Gasteiger partial charge < -0.3 is 15.4 Å². The van der Waals surface area contributed by atoms with Crippen LogP contribution in [-0.2, 0) is 4.74 Å². The van der Waals surface area contributed by atoms with Crippen molar-refractivity contribution in [3.63, 3.8) is 0 Å². The molecule has 1 aliphatic heterocycles. The smallest absolute Gasteiger partial charge is 0.0565 e. The second-order valence-electron chi connectivity index (χ2n) is 6.17. The summed E-state index contributed by atoms with van der Waals surface area (Å²) in [5.41, 5.74) is 6.00. The van der Waals surface area contributed by atoms with Gasteiger partial charge in [0.05, 0.1) is 12.2 Å². The second kappa shape index (κ2) is 5.48. The highest BCUT2D eigenvalue weighted by Crippen LogP contribution is 2.25. The van der Waals surface area contributed by atoms with Crippen LogP contribution in [0.4, 0.5) is 0 Å². The Balaban J connectivity index is 2.50. The molecule has 2 N–H and O–H groups in total. The lowest BCUT2D eigenvalue weighted by molar-refractivity contribution is -0.0649. The van der Waals surface area contributed by atoms with E-state index in [9.17, 15) is 0 Å². The van der Waals surface area contributed by atoms with Crippen molar-refractivity contribution in [3.8, 4) is 0 Å². The Morgan fingerprint density at radius 3 is 2.19 bits per heavy atom. The second-order valence-corrected chi connectivity index (χ2v) is 6.17. The van der Waals surface area contributed by atoms with E-state index >= 15 is 0 Å². The van der Waals surface area contributed by atoms with Crippen molar-refractivity contribution in [1.29, 1.82) is 0 Å². The summed E-state index contributed by atoms with van der Waals surface area (Å²) in [5, 5.41) is 0. The Labute approximate surface area is 100 Å². The number of hydrogen-bond acceptors (Lipinski definition) is 3. The van der Waals surface area contributed by atoms with Gasteiger partial charge in [0.25, 0.3) is 0 Å². The molecule has 1 rings (SSSR count). The maximum Gasteiger partial charge on any atom is 0.0565 e. The molecule has 2 atom stereocenters. The molecular formula is C13H28N2O. The molecule has 0 saturated carbocycles. The number of hydrogen-bond donors (Lipinski definition) is 1. The molecule has 0 aromatic heterocycles. The molecule has 96 valence electrons. The topological polar surface area (TPSA) is 38.5 Å². The van der Waals surface area contributed by atoms with Gasteiger partial charge >= 0.3 is 0 Å². The Kier molecular flexibility index (Phi) is 4.77. The van der Waals surface area contributed by atoms with Crippen molar-refractivity contribution >= 4 is 0 Å². The molecule has 1 fully saturated rings. The van der Waals surface area contributed by atoms with E-state index in [4.69, 9.17) is 10.5 Å². The summed E-state index contributed by atoms with van der Waals surface area (Å²) >= 11 is 0. The molecule has 1 saturated heterocycles. The Hall–Kier alpha value is -0.120. The van der Waals surface area contributed by atoms with Crippen molar-refractivity contribution in [1.82, 2.24) is 4.90 Å². The number of nitrogens with zero attached hydrogens (tertiary/aromatic N) is 1. The first kappa shape index (κ1) is 13.9. The number of ether oxygens (including phenoxy) is 1. The molecule has 2 unspecified atom stereocenters. The van der Waals surface area contributed by atoms with Crippen LogP contribution in [0.15, 0.2) is 0 Å². The zero-order valence-electron chi connectivity index (χ0n) is 11.5. The predicted octanol–water partition coefficient (Wildman–Crippen LogP) is 1.86. The Morgan fingerprint density at radius 1 is 1.25 bits per heavy atom. The van der Waals surface area contributed by atoms with E-state index in [1.165, 1.54) is 0 Å². The van der Waals surface area contributed by atoms with E-state index in [0.29, 0.717) is 18.2 Å². The lowest BCUT2D eigenvalue weighted by atomic mass is 9.91. The highest BCUT2D eigenvalue weighted by Gasteiger charge is 2.29. The summed E-state index contributed by atoms with van der Waals surface area (Å²) in [6.45, 7) is 10.6. The Bertz CT molecular complexity index is 208. The van der Waals surface area contributed by atoms with Crippen molar-refractivity contribution in [2.45, 2.75) is 58.8 Å². The molecule has 0 aromatic rings. The fourth-order valence-corrected chi connectivity index (χ4v) is 2.60. The SMILES string of the molecule is CC1CC(N(C)CC(C)(C)CN)CC(C)O1. The lowest BCUT2D eigenvalue weighted by Crippen LogP contribution is -2.47. The molecular weight excluding hydrogens is 200 g/mol. The van der Waals surface area contributed by atoms with E-state index in [2.05, 4.69) is 39.6 Å². The molecule has 16 heavy (non-hydrogen) atoms. The van der Waals surface area contributed by atoms with Gasteiger partial charge in [0.2, 0.25) is 0 Å². The van der Waals surface area contributed by atoms with Crippen molar-refractivity contribution in [2.75, 3.05) is 20.1 Å². The average Bonchev–Trinajstić information content (AvgIpc) is 2.15. The normalized spacial score (nSPS) is 32.1. The van der Waals surface area contributed by atoms with Crippen LogP contribution in [0.1, 0.15) is 40.5 Å². The molecule has 3 nitrogen and oxygen atoms in total. The van der Waals surface area contributed by atoms with Gasteiger partial charge in [-0.2, -0.15) is 0 Å². The minimum absolute atomic E-state index is 0.208. The summed E-state index contributed by atoms with van der Waals surface area (Å²) in [5.74, 6) is 0. The maximum absolute atomic E-state index is 5.79. The fourth-order valence-electron chi connectivity index (χ4n) is 2.60. The van der Waals surface area contributed by atoms with Gasteiger partial charge in [0.1, 0.15) is 0 Å². The van der Waals surface area contributed by atoms with Crippen LogP contribution in [-0.4, -0.2) is 43.3 Å². The highest BCUT2D eigenvalue weighted by molar-refractivity contribution is 4.83.